The van der Waals surface area contributed by atoms with Crippen LogP contribution in [0.2, 0.25) is 0 Å². The number of nitrogens with one attached hydrogen (secondary N) is 2. The number of amides is 2. The van der Waals surface area contributed by atoms with Crippen LogP contribution in [0.3, 0.4) is 0 Å². The van der Waals surface area contributed by atoms with Gasteiger partial charge in [-0.25, -0.2) is 4.79 Å². The molecule has 1 aliphatic heterocycles. The molecule has 0 saturated carbocycles. The number of rotatable bonds is 6. The second-order valence-corrected chi connectivity index (χ2v) is 5.92. The molecule has 1 aromatic rings. The van der Waals surface area contributed by atoms with Crippen LogP contribution < -0.4 is 15.4 Å². The second kappa shape index (κ2) is 8.91. The number of piperidine rings is 1. The highest BCUT2D eigenvalue weighted by Gasteiger charge is 2.32. The van der Waals surface area contributed by atoms with Gasteiger partial charge in [-0.15, -0.1) is 13.2 Å². The Kier molecular flexibility index (Phi) is 6.89. The summed E-state index contributed by atoms with van der Waals surface area (Å²) in [5.74, 6) is -0.207. The lowest BCUT2D eigenvalue weighted by molar-refractivity contribution is -0.274. The van der Waals surface area contributed by atoms with Gasteiger partial charge in [0.15, 0.2) is 5.75 Å². The lowest BCUT2D eigenvalue weighted by Crippen LogP contribution is -2.42. The summed E-state index contributed by atoms with van der Waals surface area (Å²) in [6.07, 6.45) is -2.83. The van der Waals surface area contributed by atoms with E-state index in [2.05, 4.69) is 20.3 Å². The van der Waals surface area contributed by atoms with E-state index in [1.54, 1.807) is 0 Å². The summed E-state index contributed by atoms with van der Waals surface area (Å²) in [4.78, 5) is 14.0. The molecular weight excluding hydrogens is 339 g/mol. The maximum Gasteiger partial charge on any atom is 0.573 e. The van der Waals surface area contributed by atoms with Crippen LogP contribution >= 0.6 is 0 Å². The zero-order valence-corrected chi connectivity index (χ0v) is 13.7. The van der Waals surface area contributed by atoms with Crippen molar-refractivity contribution in [3.05, 3.63) is 24.3 Å². The maximum atomic E-state index is 12.4. The largest absolute Gasteiger partial charge is 0.573 e. The molecule has 0 radical (unpaired) electrons. The Morgan fingerprint density at radius 2 is 2.12 bits per heavy atom. The van der Waals surface area contributed by atoms with Crippen molar-refractivity contribution in [2.45, 2.75) is 19.2 Å². The van der Waals surface area contributed by atoms with Gasteiger partial charge in [-0.1, -0.05) is 12.1 Å². The molecule has 1 unspecified atom stereocenters. The molecule has 1 aromatic carbocycles. The Morgan fingerprint density at radius 1 is 1.36 bits per heavy atom. The molecule has 1 saturated heterocycles. The van der Waals surface area contributed by atoms with E-state index in [1.165, 1.54) is 18.2 Å². The number of carbonyl (C=O) groups excluding carboxylic acids is 1. The minimum atomic E-state index is -4.83. The number of benzene rings is 1. The average Bonchev–Trinajstić information content (AvgIpc) is 2.55. The van der Waals surface area contributed by atoms with Gasteiger partial charge in [-0.2, -0.15) is 0 Å². The van der Waals surface area contributed by atoms with Crippen LogP contribution in [0, 0.1) is 5.92 Å². The van der Waals surface area contributed by atoms with Crippen molar-refractivity contribution in [3.8, 4) is 5.75 Å². The Balaban J connectivity index is 1.79. The van der Waals surface area contributed by atoms with Crippen molar-refractivity contribution in [2.75, 3.05) is 38.1 Å². The number of hydrogen-bond acceptors (Lipinski definition) is 4. The van der Waals surface area contributed by atoms with Crippen molar-refractivity contribution in [1.82, 2.24) is 10.2 Å². The van der Waals surface area contributed by atoms with E-state index in [0.717, 1.165) is 32.0 Å². The van der Waals surface area contributed by atoms with Crippen molar-refractivity contribution in [2.24, 2.45) is 5.92 Å². The van der Waals surface area contributed by atoms with Gasteiger partial charge in [0.25, 0.3) is 0 Å². The van der Waals surface area contributed by atoms with Crippen LogP contribution in [0.25, 0.3) is 0 Å². The van der Waals surface area contributed by atoms with Crippen molar-refractivity contribution < 1.29 is 27.8 Å². The van der Waals surface area contributed by atoms with E-state index in [0.29, 0.717) is 13.1 Å². The maximum absolute atomic E-state index is 12.4. The Labute approximate surface area is 144 Å². The minimum absolute atomic E-state index is 0.0596. The normalized spacial score (nSPS) is 18.6. The van der Waals surface area contributed by atoms with Gasteiger partial charge < -0.3 is 25.4 Å². The van der Waals surface area contributed by atoms with Gasteiger partial charge in [0.1, 0.15) is 0 Å². The number of para-hydroxylation sites is 2. The van der Waals surface area contributed by atoms with Gasteiger partial charge in [0.05, 0.1) is 5.69 Å². The monoisotopic (exact) mass is 361 g/mol. The molecule has 9 heteroatoms. The number of carbonyl (C=O) groups is 1. The van der Waals surface area contributed by atoms with Gasteiger partial charge >= 0.3 is 12.4 Å². The fourth-order valence-electron chi connectivity index (χ4n) is 2.78. The van der Waals surface area contributed by atoms with Crippen molar-refractivity contribution in [1.29, 1.82) is 0 Å². The molecule has 1 heterocycles. The molecule has 1 atom stereocenters. The number of alkyl halides is 3. The summed E-state index contributed by atoms with van der Waals surface area (Å²) in [6.45, 7) is 2.81. The number of ether oxygens (including phenoxy) is 1. The van der Waals surface area contributed by atoms with Crippen LogP contribution in [0.1, 0.15) is 12.8 Å². The summed E-state index contributed by atoms with van der Waals surface area (Å²) >= 11 is 0. The number of halogens is 3. The van der Waals surface area contributed by atoms with E-state index in [-0.39, 0.29) is 18.2 Å². The highest BCUT2D eigenvalue weighted by atomic mass is 19.4. The number of aliphatic hydroxyl groups excluding tert-OH is 1. The first-order chi connectivity index (χ1) is 11.9. The fraction of sp³-hybridized carbons (Fsp3) is 0.562. The van der Waals surface area contributed by atoms with Gasteiger partial charge in [0, 0.05) is 26.2 Å². The van der Waals surface area contributed by atoms with Crippen LogP contribution in [0.5, 0.6) is 5.75 Å². The lowest BCUT2D eigenvalue weighted by Gasteiger charge is -2.31. The quantitative estimate of drug-likeness (QED) is 0.728. The molecule has 140 valence electrons. The van der Waals surface area contributed by atoms with Gasteiger partial charge in [-0.3, -0.25) is 0 Å². The second-order valence-electron chi connectivity index (χ2n) is 5.92. The van der Waals surface area contributed by atoms with E-state index in [1.807, 2.05) is 0 Å². The molecule has 6 nitrogen and oxygen atoms in total. The molecule has 0 aromatic heterocycles. The summed E-state index contributed by atoms with van der Waals surface area (Å²) in [5, 5.41) is 14.2. The van der Waals surface area contributed by atoms with E-state index < -0.39 is 18.1 Å². The fourth-order valence-corrected chi connectivity index (χ4v) is 2.78. The molecule has 2 amide bonds. The molecular formula is C16H22F3N3O3. The van der Waals surface area contributed by atoms with Crippen LogP contribution in [-0.2, 0) is 0 Å². The molecule has 0 spiro atoms. The highest BCUT2D eigenvalue weighted by molar-refractivity contribution is 5.90. The number of nitrogens with zero attached hydrogens (tertiary/aromatic N) is 1. The Bertz CT molecular complexity index is 569. The Morgan fingerprint density at radius 3 is 2.84 bits per heavy atom. The summed E-state index contributed by atoms with van der Waals surface area (Å²) in [7, 11) is 0. The number of urea groups is 1. The smallest absolute Gasteiger partial charge is 0.404 e. The van der Waals surface area contributed by atoms with Crippen molar-refractivity contribution in [3.63, 3.8) is 0 Å². The Hall–Kier alpha value is -2.00. The van der Waals surface area contributed by atoms with E-state index in [9.17, 15) is 23.1 Å². The number of anilines is 1. The number of aliphatic hydroxyl groups is 1. The van der Waals surface area contributed by atoms with Crippen molar-refractivity contribution >= 4 is 11.7 Å². The first kappa shape index (κ1) is 19.3. The van der Waals surface area contributed by atoms with Gasteiger partial charge in [-0.05, 0) is 37.4 Å². The average molecular weight is 361 g/mol. The molecule has 25 heavy (non-hydrogen) atoms. The molecule has 0 aliphatic carbocycles. The lowest BCUT2D eigenvalue weighted by atomic mass is 9.99. The third-order valence-corrected chi connectivity index (χ3v) is 3.94. The van der Waals surface area contributed by atoms with Crippen LogP contribution in [0.4, 0.5) is 23.7 Å². The number of likely N-dealkylation sites (tertiary alicyclic amines) is 1. The predicted molar refractivity (Wildman–Crippen MR) is 86.4 cm³/mol. The topological polar surface area (TPSA) is 73.8 Å². The zero-order valence-electron chi connectivity index (χ0n) is 13.7. The standard InChI is InChI=1S/C16H22F3N3O3/c17-16(18,19)25-14-6-2-1-5-13(14)21-15(24)20-7-9-22-8-3-4-12(10-22)11-23/h1-2,5-6,12,23H,3-4,7-11H2,(H2,20,21,24). The van der Waals surface area contributed by atoms with Crippen LogP contribution in [-0.4, -0.2) is 55.2 Å². The molecule has 1 fully saturated rings. The highest BCUT2D eigenvalue weighted by Crippen LogP contribution is 2.29. The van der Waals surface area contributed by atoms with E-state index in [4.69, 9.17) is 0 Å². The predicted octanol–water partition coefficient (Wildman–Crippen LogP) is 2.41. The third kappa shape index (κ3) is 6.79. The summed E-state index contributed by atoms with van der Waals surface area (Å²) in [6, 6.07) is 4.75. The molecule has 0 bridgehead atoms. The van der Waals surface area contributed by atoms with E-state index >= 15 is 0 Å². The number of hydrogen-bond donors (Lipinski definition) is 3. The zero-order chi connectivity index (χ0) is 18.3. The molecule has 3 N–H and O–H groups in total. The third-order valence-electron chi connectivity index (χ3n) is 3.94. The summed E-state index contributed by atoms with van der Waals surface area (Å²) in [5.41, 5.74) is -0.0596. The first-order valence-electron chi connectivity index (χ1n) is 8.10. The molecule has 1 aliphatic rings. The van der Waals surface area contributed by atoms with Crippen LogP contribution in [0.15, 0.2) is 24.3 Å². The SMILES string of the molecule is O=C(NCCN1CCCC(CO)C1)Nc1ccccc1OC(F)(F)F. The minimum Gasteiger partial charge on any atom is -0.404 e. The summed E-state index contributed by atoms with van der Waals surface area (Å²) < 4.78 is 40.9. The molecule has 2 rings (SSSR count). The van der Waals surface area contributed by atoms with Gasteiger partial charge in [0.2, 0.25) is 0 Å². The first-order valence-corrected chi connectivity index (χ1v) is 8.10.